The van der Waals surface area contributed by atoms with Gasteiger partial charge in [-0.25, -0.2) is 14.8 Å². The summed E-state index contributed by atoms with van der Waals surface area (Å²) in [6, 6.07) is 28.2. The van der Waals surface area contributed by atoms with Crippen molar-refractivity contribution in [3.63, 3.8) is 0 Å². The van der Waals surface area contributed by atoms with Crippen LogP contribution >= 0.6 is 11.3 Å². The molecule has 610 valence electrons. The number of nitrogens with one attached hydrogen (secondary N) is 5. The third kappa shape index (κ3) is 19.8. The number of carbonyl (C=O) groups excluding carboxylic acids is 8. The molecule has 5 fully saturated rings. The number of imide groups is 1. The molecule has 0 radical (unpaired) electrons. The lowest BCUT2D eigenvalue weighted by atomic mass is 9.67. The molecule has 9 amide bonds. The molecule has 32 heteroatoms. The first-order valence-electron chi connectivity index (χ1n) is 39.9. The van der Waals surface area contributed by atoms with Gasteiger partial charge in [0.25, 0.3) is 17.7 Å². The minimum atomic E-state index is -1.35. The second-order valence-corrected chi connectivity index (χ2v) is 31.9. The Labute approximate surface area is 672 Å². The van der Waals surface area contributed by atoms with Crippen LogP contribution in [-0.4, -0.2) is 219 Å². The highest BCUT2D eigenvalue weighted by Gasteiger charge is 2.52. The lowest BCUT2D eigenvalue weighted by Crippen LogP contribution is -2.58. The van der Waals surface area contributed by atoms with Crippen molar-refractivity contribution in [2.45, 2.75) is 160 Å². The molecule has 8 atom stereocenters. The zero-order chi connectivity index (χ0) is 80.9. The quantitative estimate of drug-likeness (QED) is 0.0109. The topological polar surface area (TPSA) is 394 Å². The number of fused-ring (bicyclic) bond motifs is 2. The van der Waals surface area contributed by atoms with Gasteiger partial charge in [-0.2, -0.15) is 0 Å². The number of thiazole rings is 1. The maximum absolute atomic E-state index is 14.4. The number of hydrogen-bond donors (Lipinski definition) is 8. The lowest BCUT2D eigenvalue weighted by molar-refractivity contribution is -0.151. The van der Waals surface area contributed by atoms with Crippen molar-refractivity contribution in [3.05, 3.63) is 144 Å². The van der Waals surface area contributed by atoms with E-state index in [0.29, 0.717) is 119 Å². The fraction of sp³-hybridized carbons (Fsp3) is 0.482. The molecular formula is C83H104N18O13S. The molecule has 7 aromatic rings. The first-order chi connectivity index (χ1) is 55.6. The number of ether oxygens (including phenoxy) is 3. The van der Waals surface area contributed by atoms with E-state index in [-0.39, 0.29) is 98.7 Å². The van der Waals surface area contributed by atoms with Crippen LogP contribution in [0.5, 0.6) is 17.5 Å². The lowest BCUT2D eigenvalue weighted by Gasteiger charge is -2.43. The van der Waals surface area contributed by atoms with E-state index in [1.165, 1.54) is 22.0 Å². The van der Waals surface area contributed by atoms with Gasteiger partial charge in [0, 0.05) is 144 Å². The van der Waals surface area contributed by atoms with E-state index < -0.39 is 53.3 Å². The van der Waals surface area contributed by atoms with Gasteiger partial charge in [0.15, 0.2) is 11.6 Å². The standard InChI is InChI=1S/C83H104N18O13S/c1-51(2)74(79(107)100-48-62(102)42-67(100)78(106)90-53(4)56-18-20-57(21-19-56)75-54(5)89-50-115-75)69-44-71(95-114-69)112-39-37-96-35-36-97(52(3)45-96)38-40-111-70-41-59(28-33-86-70)101-60-24-25-61(101)47-98(46-60)66-43-65(93-94-76(66)84)63-13-7-8-15-68(63)113-49-55-16-22-58(23-17-55)91-77(105)64(14-11-32-88-82(85)110)92-81(109)83(29-12-30-83)80(108)87-31-9-6-10-34-99-72(103)26-27-73(99)104/h7-8,13,15-23,26-28,33,41,43-44,50-53,60-62,64,67,74,102H,6,9-12,14,24-25,29-32,34-40,42,45-49H2,1-5H3,(H2,84,94)(H,87,108)(H,90,106)(H,91,105)(H,92,109)(H3,85,88,110)/t52-,53+,60?,61?,62-,64+,67+,74-/m1/s1. The van der Waals surface area contributed by atoms with Crippen molar-refractivity contribution in [2.75, 3.05) is 106 Å². The summed E-state index contributed by atoms with van der Waals surface area (Å²) >= 11 is 1.58. The third-order valence-corrected chi connectivity index (χ3v) is 23.8. The van der Waals surface area contributed by atoms with Crippen LogP contribution in [-0.2, 0) is 40.2 Å². The molecule has 3 aromatic carbocycles. The van der Waals surface area contributed by atoms with E-state index >= 15 is 0 Å². The van der Waals surface area contributed by atoms with Crippen molar-refractivity contribution in [2.24, 2.45) is 17.1 Å². The molecule has 13 rings (SSSR count). The number of carbonyl (C=O) groups is 8. The Morgan fingerprint density at radius 2 is 1.50 bits per heavy atom. The summed E-state index contributed by atoms with van der Waals surface area (Å²) in [4.78, 5) is 127. The number of unbranched alkanes of at least 4 members (excludes halogenated alkanes) is 2. The minimum absolute atomic E-state index is 0.0292. The summed E-state index contributed by atoms with van der Waals surface area (Å²) in [6.07, 6.45) is 9.11. The molecule has 2 bridgehead atoms. The van der Waals surface area contributed by atoms with Crippen LogP contribution in [0.1, 0.15) is 133 Å². The van der Waals surface area contributed by atoms with E-state index in [9.17, 15) is 43.5 Å². The molecule has 1 aliphatic carbocycles. The van der Waals surface area contributed by atoms with Crippen LogP contribution < -0.4 is 62.1 Å². The number of nitrogen functional groups attached to an aromatic ring is 1. The number of piperazine rings is 2. The van der Waals surface area contributed by atoms with Crippen LogP contribution in [0.15, 0.2) is 125 Å². The molecule has 115 heavy (non-hydrogen) atoms. The van der Waals surface area contributed by atoms with Crippen LogP contribution in [0.2, 0.25) is 0 Å². The maximum Gasteiger partial charge on any atom is 0.312 e. The van der Waals surface area contributed by atoms with E-state index in [1.54, 1.807) is 29.5 Å². The van der Waals surface area contributed by atoms with E-state index in [1.807, 2.05) is 112 Å². The summed E-state index contributed by atoms with van der Waals surface area (Å²) in [5, 5.41) is 38.3. The number of aromatic nitrogens is 5. The highest BCUT2D eigenvalue weighted by atomic mass is 32.1. The highest BCUT2D eigenvalue weighted by Crippen LogP contribution is 2.43. The molecule has 4 saturated heterocycles. The van der Waals surface area contributed by atoms with Gasteiger partial charge in [-0.05, 0) is 143 Å². The van der Waals surface area contributed by atoms with Gasteiger partial charge in [-0.1, -0.05) is 68.8 Å². The summed E-state index contributed by atoms with van der Waals surface area (Å²) in [5.41, 5.74) is 19.8. The Kier molecular flexibility index (Phi) is 26.7. The number of aliphatic hydroxyl groups excluding tert-OH is 1. The van der Waals surface area contributed by atoms with Gasteiger partial charge >= 0.3 is 6.03 Å². The Balaban J connectivity index is 0.541. The van der Waals surface area contributed by atoms with Gasteiger partial charge in [-0.15, -0.1) is 21.5 Å². The van der Waals surface area contributed by atoms with Crippen LogP contribution in [0, 0.1) is 18.3 Å². The Morgan fingerprint density at radius 3 is 2.22 bits per heavy atom. The third-order valence-electron chi connectivity index (χ3n) is 22.9. The van der Waals surface area contributed by atoms with Crippen molar-refractivity contribution in [1.82, 2.24) is 66.2 Å². The van der Waals surface area contributed by atoms with Crippen LogP contribution in [0.3, 0.4) is 0 Å². The predicted octanol–water partition coefficient (Wildman–Crippen LogP) is 7.27. The monoisotopic (exact) mass is 1590 g/mol. The molecular weight excluding hydrogens is 1490 g/mol. The van der Waals surface area contributed by atoms with Gasteiger partial charge in [0.05, 0.1) is 39.6 Å². The van der Waals surface area contributed by atoms with Gasteiger partial charge in [-0.3, -0.25) is 48.3 Å². The minimum Gasteiger partial charge on any atom is -0.488 e. The summed E-state index contributed by atoms with van der Waals surface area (Å²) in [5.74, 6) is -1.68. The van der Waals surface area contributed by atoms with Gasteiger partial charge in [0.2, 0.25) is 35.4 Å². The molecule has 10 N–H and O–H groups in total. The number of amides is 9. The van der Waals surface area contributed by atoms with E-state index in [4.69, 9.17) is 30.2 Å². The average Bonchev–Trinajstić information content (AvgIpc) is 1.76. The number of primary amides is 1. The molecule has 31 nitrogen and oxygen atoms in total. The largest absolute Gasteiger partial charge is 0.488 e. The summed E-state index contributed by atoms with van der Waals surface area (Å²) in [7, 11) is 0. The smallest absolute Gasteiger partial charge is 0.312 e. The Bertz CT molecular complexity index is 4600. The Morgan fingerprint density at radius 1 is 0.765 bits per heavy atom. The molecule has 5 aliphatic heterocycles. The number of β-amino-alcohol motifs (C(OH)–C–C–N with tert-alkyl or cyclic N) is 1. The number of urea groups is 1. The van der Waals surface area contributed by atoms with Crippen molar-refractivity contribution < 1.29 is 62.2 Å². The number of likely N-dealkylation sites (tertiary alicyclic amines) is 1. The van der Waals surface area contributed by atoms with Crippen molar-refractivity contribution >= 4 is 81.6 Å². The summed E-state index contributed by atoms with van der Waals surface area (Å²) in [6.45, 7) is 17.0. The average molecular weight is 1590 g/mol. The van der Waals surface area contributed by atoms with E-state index in [2.05, 4.69) is 84.5 Å². The summed E-state index contributed by atoms with van der Waals surface area (Å²) < 4.78 is 24.7. The molecule has 1 saturated carbocycles. The molecule has 4 aromatic heterocycles. The highest BCUT2D eigenvalue weighted by molar-refractivity contribution is 7.13. The number of benzene rings is 3. The Hall–Kier alpha value is -11.1. The number of hydrogen-bond acceptors (Lipinski definition) is 24. The molecule has 0 spiro atoms. The number of rotatable bonds is 36. The zero-order valence-electron chi connectivity index (χ0n) is 65.7. The fourth-order valence-electron chi connectivity index (χ4n) is 16.3. The number of nitrogens with two attached hydrogens (primary N) is 2. The second kappa shape index (κ2) is 37.5. The first kappa shape index (κ1) is 81.9. The molecule has 2 unspecified atom stereocenters. The number of pyridine rings is 1. The number of para-hydroxylation sites is 1. The van der Waals surface area contributed by atoms with Crippen molar-refractivity contribution in [3.8, 4) is 39.2 Å². The van der Waals surface area contributed by atoms with Crippen molar-refractivity contribution in [1.29, 1.82) is 0 Å². The van der Waals surface area contributed by atoms with Crippen LogP contribution in [0.4, 0.5) is 27.7 Å². The number of aliphatic hydroxyl groups is 1. The van der Waals surface area contributed by atoms with Gasteiger partial charge < -0.3 is 76.6 Å². The second-order valence-electron chi connectivity index (χ2n) is 31.1. The maximum atomic E-state index is 14.4. The predicted molar refractivity (Wildman–Crippen MR) is 432 cm³/mol. The molecule has 9 heterocycles. The number of nitrogens with zero attached hydrogens (tertiary/aromatic N) is 11. The SMILES string of the molecule is Cc1ncsc1-c1ccc([C@H](C)NC(=O)[C@@H]2C[C@@H](O)CN2C(=O)[C@@H](c2cc(OCCN3CCN(CCOc4cc(N5C6CCC5CN(c5cc(-c7ccccc7OCc7ccc(NC(=O)[C@H](CCCNC(N)=O)NC(=O)C8(C(=O)NCCCCCN9C(=O)C=CC9=O)CCC8)cc7)nnc5N)C6)ccn4)[C@H](C)C3)no2)C(C)C)cc1. The van der Waals surface area contributed by atoms with Crippen LogP contribution in [0.25, 0.3) is 21.7 Å². The fourth-order valence-corrected chi connectivity index (χ4v) is 17.1. The number of anilines is 4. The molecule has 6 aliphatic rings. The van der Waals surface area contributed by atoms with Gasteiger partial charge in [0.1, 0.15) is 49.0 Å². The van der Waals surface area contributed by atoms with E-state index in [0.717, 1.165) is 83.2 Å². The zero-order valence-corrected chi connectivity index (χ0v) is 66.6. The number of aryl methyl sites for hydroxylation is 1. The first-order valence-corrected chi connectivity index (χ1v) is 40.8. The normalized spacial score (nSPS) is 20.0.